The van der Waals surface area contributed by atoms with Crippen molar-refractivity contribution in [2.45, 2.75) is 50.0 Å². The van der Waals surface area contributed by atoms with E-state index in [-0.39, 0.29) is 22.5 Å². The number of amides is 1. The summed E-state index contributed by atoms with van der Waals surface area (Å²) >= 11 is 0. The summed E-state index contributed by atoms with van der Waals surface area (Å²) in [7, 11) is -3.85. The van der Waals surface area contributed by atoms with Crippen LogP contribution in [0.1, 0.15) is 45.2 Å². The van der Waals surface area contributed by atoms with Crippen molar-refractivity contribution in [3.05, 3.63) is 70.6 Å². The van der Waals surface area contributed by atoms with Crippen molar-refractivity contribution < 1.29 is 17.9 Å². The maximum atomic E-state index is 13.0. The van der Waals surface area contributed by atoms with Gasteiger partial charge in [0.25, 0.3) is 15.6 Å². The molecule has 11 heteroatoms. The quantitative estimate of drug-likeness (QED) is 0.415. The molecule has 2 aromatic carbocycles. The largest absolute Gasteiger partial charge is 0.444 e. The summed E-state index contributed by atoms with van der Waals surface area (Å²) in [6, 6.07) is 14.8. The third-order valence-electron chi connectivity index (χ3n) is 6.33. The molecule has 1 aliphatic heterocycles. The first kappa shape index (κ1) is 24.8. The molecule has 0 radical (unpaired) electrons. The highest BCUT2D eigenvalue weighted by Crippen LogP contribution is 2.32. The standard InChI is InChI=1S/C26H29N5O5S/c1-26(2,3)36-25(33)30-14-12-17(13-15-30)21-16-22(32)27-24-23-19(28-31(21)24)10-7-11-20(23)29-37(34,35)18-8-5-4-6-9-18/h4-11,16-17,29H,12-15H2,1-3H3,(H,27,32). The molecule has 0 spiro atoms. The maximum absolute atomic E-state index is 13.0. The molecule has 10 nitrogen and oxygen atoms in total. The van der Waals surface area contributed by atoms with Gasteiger partial charge in [-0.3, -0.25) is 9.52 Å². The maximum Gasteiger partial charge on any atom is 0.410 e. The minimum atomic E-state index is -3.85. The van der Waals surface area contributed by atoms with E-state index < -0.39 is 15.6 Å². The Balaban J connectivity index is 1.49. The Morgan fingerprint density at radius 1 is 1.08 bits per heavy atom. The Morgan fingerprint density at radius 2 is 1.78 bits per heavy atom. The predicted molar refractivity (Wildman–Crippen MR) is 140 cm³/mol. The van der Waals surface area contributed by atoms with E-state index in [1.54, 1.807) is 45.8 Å². The minimum Gasteiger partial charge on any atom is -0.444 e. The zero-order valence-corrected chi connectivity index (χ0v) is 21.7. The van der Waals surface area contributed by atoms with Crippen LogP contribution in [-0.2, 0) is 14.8 Å². The summed E-state index contributed by atoms with van der Waals surface area (Å²) in [6.45, 7) is 6.50. The topological polar surface area (TPSA) is 126 Å². The second-order valence-corrected chi connectivity index (χ2v) is 11.9. The number of ether oxygens (including phenoxy) is 1. The number of aromatic nitrogens is 3. The van der Waals surface area contributed by atoms with Gasteiger partial charge in [0.05, 0.1) is 27.2 Å². The third-order valence-corrected chi connectivity index (χ3v) is 7.71. The number of aromatic amines is 1. The number of sulfonamides is 1. The summed E-state index contributed by atoms with van der Waals surface area (Å²) in [4.78, 5) is 29.8. The average Bonchev–Trinajstić information content (AvgIpc) is 3.22. The van der Waals surface area contributed by atoms with E-state index in [0.29, 0.717) is 48.2 Å². The number of H-pyrrole nitrogens is 1. The number of fused-ring (bicyclic) bond motifs is 3. The fraction of sp³-hybridized carbons (Fsp3) is 0.346. The van der Waals surface area contributed by atoms with Gasteiger partial charge in [0.1, 0.15) is 11.2 Å². The lowest BCUT2D eigenvalue weighted by Crippen LogP contribution is -2.41. The molecule has 2 N–H and O–H groups in total. The van der Waals surface area contributed by atoms with E-state index in [1.807, 2.05) is 20.8 Å². The van der Waals surface area contributed by atoms with Crippen molar-refractivity contribution in [3.8, 4) is 0 Å². The molecule has 0 saturated carbocycles. The van der Waals surface area contributed by atoms with E-state index in [4.69, 9.17) is 9.84 Å². The number of nitrogens with one attached hydrogen (secondary N) is 2. The van der Waals surface area contributed by atoms with Gasteiger partial charge < -0.3 is 14.6 Å². The van der Waals surface area contributed by atoms with Crippen molar-refractivity contribution in [2.75, 3.05) is 17.8 Å². The number of carbonyl (C=O) groups excluding carboxylic acids is 1. The molecule has 5 rings (SSSR count). The van der Waals surface area contributed by atoms with Gasteiger partial charge in [0, 0.05) is 25.1 Å². The van der Waals surface area contributed by atoms with Gasteiger partial charge in [-0.05, 0) is 57.9 Å². The molecular weight excluding hydrogens is 494 g/mol. The van der Waals surface area contributed by atoms with Crippen molar-refractivity contribution >= 4 is 38.4 Å². The van der Waals surface area contributed by atoms with Crippen molar-refractivity contribution in [3.63, 3.8) is 0 Å². The molecule has 0 atom stereocenters. The number of carbonyl (C=O) groups is 1. The van der Waals surface area contributed by atoms with Crippen molar-refractivity contribution in [1.82, 2.24) is 19.5 Å². The van der Waals surface area contributed by atoms with Gasteiger partial charge in [-0.15, -0.1) is 0 Å². The van der Waals surface area contributed by atoms with E-state index in [0.717, 1.165) is 5.69 Å². The van der Waals surface area contributed by atoms with Gasteiger partial charge >= 0.3 is 6.09 Å². The van der Waals surface area contributed by atoms with Crippen LogP contribution in [0.25, 0.3) is 16.6 Å². The van der Waals surface area contributed by atoms with Crippen LogP contribution < -0.4 is 10.3 Å². The van der Waals surface area contributed by atoms with Crippen LogP contribution in [-0.4, -0.2) is 52.7 Å². The van der Waals surface area contributed by atoms with Gasteiger partial charge in [0.15, 0.2) is 0 Å². The number of hydrogen-bond acceptors (Lipinski definition) is 6. The summed E-state index contributed by atoms with van der Waals surface area (Å²) in [6.07, 6.45) is 0.936. The van der Waals surface area contributed by atoms with Crippen LogP contribution in [0.2, 0.25) is 0 Å². The number of likely N-dealkylation sites (tertiary alicyclic amines) is 1. The number of rotatable bonds is 4. The summed E-state index contributed by atoms with van der Waals surface area (Å²) < 4.78 is 35.8. The molecule has 1 saturated heterocycles. The third kappa shape index (κ3) is 5.04. The Kier molecular flexibility index (Phi) is 6.18. The van der Waals surface area contributed by atoms with E-state index in [2.05, 4.69) is 9.71 Å². The molecule has 3 heterocycles. The molecule has 0 aliphatic carbocycles. The first-order valence-corrected chi connectivity index (χ1v) is 13.6. The van der Waals surface area contributed by atoms with Crippen LogP contribution in [0.5, 0.6) is 0 Å². The number of anilines is 1. The zero-order valence-electron chi connectivity index (χ0n) is 20.9. The highest BCUT2D eigenvalue weighted by Gasteiger charge is 2.29. The molecule has 1 aliphatic rings. The Labute approximate surface area is 214 Å². The number of nitrogens with zero attached hydrogens (tertiary/aromatic N) is 3. The minimum absolute atomic E-state index is 0.0118. The predicted octanol–water partition coefficient (Wildman–Crippen LogP) is 4.09. The lowest BCUT2D eigenvalue weighted by atomic mass is 9.93. The first-order chi connectivity index (χ1) is 17.5. The van der Waals surface area contributed by atoms with E-state index in [1.165, 1.54) is 18.2 Å². The normalized spacial score (nSPS) is 15.3. The van der Waals surface area contributed by atoms with E-state index >= 15 is 0 Å². The van der Waals surface area contributed by atoms with Gasteiger partial charge in [-0.1, -0.05) is 24.3 Å². The Bertz CT molecular complexity index is 1630. The summed E-state index contributed by atoms with van der Waals surface area (Å²) in [5, 5.41) is 5.21. The fourth-order valence-electron chi connectivity index (χ4n) is 4.65. The smallest absolute Gasteiger partial charge is 0.410 e. The molecule has 2 aromatic heterocycles. The Morgan fingerprint density at radius 3 is 2.46 bits per heavy atom. The highest BCUT2D eigenvalue weighted by molar-refractivity contribution is 7.92. The number of hydrogen-bond donors (Lipinski definition) is 2. The summed E-state index contributed by atoms with van der Waals surface area (Å²) in [5.74, 6) is -0.0118. The van der Waals surface area contributed by atoms with Gasteiger partial charge in [0.2, 0.25) is 0 Å². The fourth-order valence-corrected chi connectivity index (χ4v) is 5.74. The Hall–Kier alpha value is -3.86. The zero-order chi connectivity index (χ0) is 26.4. The lowest BCUT2D eigenvalue weighted by Gasteiger charge is -2.33. The molecule has 1 amide bonds. The highest BCUT2D eigenvalue weighted by atomic mass is 32.2. The number of benzene rings is 2. The van der Waals surface area contributed by atoms with Gasteiger partial charge in [-0.25, -0.2) is 17.7 Å². The van der Waals surface area contributed by atoms with Crippen LogP contribution >= 0.6 is 0 Å². The molecule has 0 bridgehead atoms. The molecular formula is C26H29N5O5S. The average molecular weight is 524 g/mol. The molecule has 1 fully saturated rings. The number of piperidine rings is 1. The molecule has 4 aromatic rings. The van der Waals surface area contributed by atoms with Crippen molar-refractivity contribution in [2.24, 2.45) is 0 Å². The lowest BCUT2D eigenvalue weighted by molar-refractivity contribution is 0.0203. The summed E-state index contributed by atoms with van der Waals surface area (Å²) in [5.41, 5.74) is 1.13. The van der Waals surface area contributed by atoms with Crippen molar-refractivity contribution in [1.29, 1.82) is 0 Å². The van der Waals surface area contributed by atoms with E-state index in [9.17, 15) is 18.0 Å². The van der Waals surface area contributed by atoms with Gasteiger partial charge in [-0.2, -0.15) is 5.10 Å². The van der Waals surface area contributed by atoms with Crippen LogP contribution in [0.3, 0.4) is 0 Å². The monoisotopic (exact) mass is 523 g/mol. The first-order valence-electron chi connectivity index (χ1n) is 12.1. The SMILES string of the molecule is CC(C)(C)OC(=O)N1CCC(c2cc(=O)[nH]c3c4c(NS(=O)(=O)c5ccccc5)cccc4nn23)CC1. The van der Waals surface area contributed by atoms with Crippen LogP contribution in [0.4, 0.5) is 10.5 Å². The second-order valence-electron chi connectivity index (χ2n) is 10.2. The van der Waals surface area contributed by atoms with Crippen LogP contribution in [0.15, 0.2) is 64.3 Å². The molecule has 37 heavy (non-hydrogen) atoms. The second kappa shape index (κ2) is 9.22. The molecule has 194 valence electrons. The molecule has 0 unspecified atom stereocenters. The van der Waals surface area contributed by atoms with Crippen LogP contribution in [0, 0.1) is 0 Å².